The Morgan fingerprint density at radius 3 is 2.54 bits per heavy atom. The van der Waals surface area contributed by atoms with Crippen LogP contribution in [0.4, 0.5) is 10.3 Å². The van der Waals surface area contributed by atoms with E-state index in [0.29, 0.717) is 0 Å². The first-order valence-electron chi connectivity index (χ1n) is 6.94. The minimum absolute atomic E-state index is 0.100. The van der Waals surface area contributed by atoms with Crippen LogP contribution in [-0.4, -0.2) is 32.3 Å². The molecule has 0 bridgehead atoms. The number of ether oxygens (including phenoxy) is 1. The molecule has 0 aliphatic carbocycles. The van der Waals surface area contributed by atoms with E-state index in [4.69, 9.17) is 9.15 Å². The van der Waals surface area contributed by atoms with Crippen molar-refractivity contribution < 1.29 is 31.9 Å². The normalized spacial score (nSPS) is 11.3. The number of carbonyl (C=O) groups is 1. The summed E-state index contributed by atoms with van der Waals surface area (Å²) in [5.41, 5.74) is -0.100. The number of halogens is 1. The van der Waals surface area contributed by atoms with Gasteiger partial charge in [-0.15, -0.1) is 0 Å². The van der Waals surface area contributed by atoms with Crippen LogP contribution >= 0.6 is 0 Å². The predicted octanol–water partition coefficient (Wildman–Crippen LogP) is 2.50. The highest BCUT2D eigenvalue weighted by Gasteiger charge is 2.31. The van der Waals surface area contributed by atoms with E-state index >= 15 is 0 Å². The lowest BCUT2D eigenvalue weighted by atomic mass is 10.1. The molecule has 1 N–H and O–H groups in total. The summed E-state index contributed by atoms with van der Waals surface area (Å²) in [6.07, 6.45) is 0. The second-order valence-electron chi connectivity index (χ2n) is 4.86. The molecule has 0 aliphatic rings. The van der Waals surface area contributed by atoms with Crippen molar-refractivity contribution in [3.63, 3.8) is 0 Å². The predicted molar refractivity (Wildman–Crippen MR) is 84.9 cm³/mol. The summed E-state index contributed by atoms with van der Waals surface area (Å²) in [4.78, 5) is 11.3. The van der Waals surface area contributed by atoms with Crippen LogP contribution in [0.15, 0.2) is 28.7 Å². The molecule has 9 heteroatoms. The van der Waals surface area contributed by atoms with E-state index in [1.54, 1.807) is 0 Å². The van der Waals surface area contributed by atoms with Crippen LogP contribution in [0.25, 0.3) is 11.3 Å². The number of hydrogen-bond acceptors (Lipinski definition) is 6. The Morgan fingerprint density at radius 1 is 1.38 bits per heavy atom. The third kappa shape index (κ3) is 3.21. The number of hydrogen-bond donors (Lipinski definition) is 1. The molecule has 0 spiro atoms. The second-order valence-corrected chi connectivity index (χ2v) is 7.14. The van der Waals surface area contributed by atoms with Crippen molar-refractivity contribution in [1.82, 2.24) is 0 Å². The van der Waals surface area contributed by atoms with Crippen molar-refractivity contribution >= 4 is 21.9 Å². The lowest BCUT2D eigenvalue weighted by Crippen LogP contribution is -2.28. The molecule has 0 aliphatic heterocycles. The van der Waals surface area contributed by atoms with Crippen LogP contribution in [0, 0.1) is 5.82 Å². The van der Waals surface area contributed by atoms with E-state index < -0.39 is 39.2 Å². The average Bonchev–Trinajstić information content (AvgIpc) is 2.83. The van der Waals surface area contributed by atoms with Crippen molar-refractivity contribution in [3.05, 3.63) is 30.1 Å². The number of anilines is 1. The Hall–Kier alpha value is -2.55. The molecule has 0 atom stereocenters. The summed E-state index contributed by atoms with van der Waals surface area (Å²) in [6.45, 7) is 2.49. The minimum atomic E-state index is -3.76. The van der Waals surface area contributed by atoms with E-state index in [1.165, 1.54) is 32.2 Å². The third-order valence-corrected chi connectivity index (χ3v) is 4.99. The Morgan fingerprint density at radius 2 is 2.00 bits per heavy atom. The first-order chi connectivity index (χ1) is 11.2. The molecule has 2 aromatic rings. The maximum atomic E-state index is 13.9. The first-order valence-corrected chi connectivity index (χ1v) is 8.55. The highest BCUT2D eigenvalue weighted by Crippen LogP contribution is 2.48. The van der Waals surface area contributed by atoms with Gasteiger partial charge < -0.3 is 14.3 Å². The highest BCUT2D eigenvalue weighted by molar-refractivity contribution is 7.92. The Kier molecular flexibility index (Phi) is 4.83. The lowest BCUT2D eigenvalue weighted by molar-refractivity contribution is -0.132. The maximum Gasteiger partial charge on any atom is 0.308 e. The van der Waals surface area contributed by atoms with Crippen LogP contribution < -0.4 is 9.04 Å². The summed E-state index contributed by atoms with van der Waals surface area (Å²) in [7, 11) is -2.59. The van der Waals surface area contributed by atoms with Gasteiger partial charge in [-0.05, 0) is 19.1 Å². The highest BCUT2D eigenvalue weighted by atomic mass is 32.2. The van der Waals surface area contributed by atoms with Crippen LogP contribution in [0.5, 0.6) is 11.5 Å². The Labute approximate surface area is 138 Å². The molecule has 0 amide bonds. The number of aromatic hydroxyl groups is 1. The third-order valence-electron chi connectivity index (χ3n) is 3.26. The standard InChI is InChI=1S/C15H16FNO6S/c1-4-24(20,21)17(3)15-14(22-9(2)18)12(19)13(23-15)10-7-5-6-8-11(10)16/h5-8,19H,4H2,1-3H3. The van der Waals surface area contributed by atoms with Gasteiger partial charge in [0.05, 0.1) is 11.3 Å². The van der Waals surface area contributed by atoms with Crippen LogP contribution in [-0.2, 0) is 14.8 Å². The van der Waals surface area contributed by atoms with E-state index in [1.807, 2.05) is 0 Å². The number of benzene rings is 1. The number of nitrogens with zero attached hydrogens (tertiary/aromatic N) is 1. The number of rotatable bonds is 5. The molecule has 1 aromatic heterocycles. The molecule has 0 unspecified atom stereocenters. The zero-order valence-corrected chi connectivity index (χ0v) is 14.1. The van der Waals surface area contributed by atoms with Crippen LogP contribution in [0.2, 0.25) is 0 Å². The number of sulfonamides is 1. The van der Waals surface area contributed by atoms with Gasteiger partial charge in [0.1, 0.15) is 5.82 Å². The van der Waals surface area contributed by atoms with E-state index in [9.17, 15) is 22.7 Å². The molecule has 2 rings (SSSR count). The summed E-state index contributed by atoms with van der Waals surface area (Å²) in [5.74, 6) is -3.64. The number of furan rings is 1. The molecule has 24 heavy (non-hydrogen) atoms. The fourth-order valence-corrected chi connectivity index (χ4v) is 2.75. The smallest absolute Gasteiger partial charge is 0.308 e. The summed E-state index contributed by atoms with van der Waals surface area (Å²) in [5, 5.41) is 10.3. The largest absolute Gasteiger partial charge is 0.502 e. The van der Waals surface area contributed by atoms with Crippen molar-refractivity contribution in [2.45, 2.75) is 13.8 Å². The molecule has 130 valence electrons. The van der Waals surface area contributed by atoms with Crippen molar-refractivity contribution in [3.8, 4) is 22.8 Å². The summed E-state index contributed by atoms with van der Waals surface area (Å²) >= 11 is 0. The zero-order chi connectivity index (χ0) is 18.1. The van der Waals surface area contributed by atoms with Gasteiger partial charge >= 0.3 is 5.97 Å². The zero-order valence-electron chi connectivity index (χ0n) is 13.2. The lowest BCUT2D eigenvalue weighted by Gasteiger charge is -2.16. The quantitative estimate of drug-likeness (QED) is 0.826. The van der Waals surface area contributed by atoms with Gasteiger partial charge in [-0.2, -0.15) is 0 Å². The molecular weight excluding hydrogens is 341 g/mol. The Balaban J connectivity index is 2.69. The molecule has 0 saturated carbocycles. The van der Waals surface area contributed by atoms with Crippen molar-refractivity contribution in [2.24, 2.45) is 0 Å². The molecule has 0 saturated heterocycles. The average molecular weight is 357 g/mol. The van der Waals surface area contributed by atoms with Gasteiger partial charge in [0.2, 0.25) is 21.5 Å². The molecule has 0 radical (unpaired) electrons. The fourth-order valence-electron chi connectivity index (χ4n) is 1.99. The summed E-state index contributed by atoms with van der Waals surface area (Å²) < 4.78 is 49.0. The van der Waals surface area contributed by atoms with Gasteiger partial charge in [0, 0.05) is 14.0 Å². The maximum absolute atomic E-state index is 13.9. The van der Waals surface area contributed by atoms with Crippen LogP contribution in [0.1, 0.15) is 13.8 Å². The Bertz CT molecular complexity index is 874. The van der Waals surface area contributed by atoms with E-state index in [0.717, 1.165) is 17.3 Å². The van der Waals surface area contributed by atoms with Gasteiger partial charge in [0.15, 0.2) is 5.76 Å². The summed E-state index contributed by atoms with van der Waals surface area (Å²) in [6, 6.07) is 5.44. The van der Waals surface area contributed by atoms with Crippen molar-refractivity contribution in [2.75, 3.05) is 17.1 Å². The fraction of sp³-hybridized carbons (Fsp3) is 0.267. The van der Waals surface area contributed by atoms with E-state index in [-0.39, 0.29) is 17.1 Å². The minimum Gasteiger partial charge on any atom is -0.502 e. The monoisotopic (exact) mass is 357 g/mol. The van der Waals surface area contributed by atoms with Crippen molar-refractivity contribution in [1.29, 1.82) is 0 Å². The number of carbonyl (C=O) groups excluding carboxylic acids is 1. The molecular formula is C15H16FNO6S. The first kappa shape index (κ1) is 17.8. The van der Waals surface area contributed by atoms with Gasteiger partial charge in [-0.1, -0.05) is 12.1 Å². The topological polar surface area (TPSA) is 97.1 Å². The second kappa shape index (κ2) is 6.52. The van der Waals surface area contributed by atoms with Crippen LogP contribution in [0.3, 0.4) is 0 Å². The number of esters is 1. The van der Waals surface area contributed by atoms with E-state index in [2.05, 4.69) is 0 Å². The molecule has 1 heterocycles. The SMILES string of the molecule is CCS(=O)(=O)N(C)c1oc(-c2ccccc2F)c(O)c1OC(C)=O. The molecule has 0 fully saturated rings. The molecule has 7 nitrogen and oxygen atoms in total. The van der Waals surface area contributed by atoms with Gasteiger partial charge in [0.25, 0.3) is 5.88 Å². The van der Waals surface area contributed by atoms with Gasteiger partial charge in [-0.3, -0.25) is 4.79 Å². The van der Waals surface area contributed by atoms with Gasteiger partial charge in [-0.25, -0.2) is 17.1 Å². The molecule has 1 aromatic carbocycles.